The molecule has 2 aromatic heterocycles. The van der Waals surface area contributed by atoms with Gasteiger partial charge in [0.05, 0.1) is 16.3 Å². The van der Waals surface area contributed by atoms with Gasteiger partial charge in [-0.3, -0.25) is 0 Å². The summed E-state index contributed by atoms with van der Waals surface area (Å²) in [5.74, 6) is 0. The van der Waals surface area contributed by atoms with E-state index in [1.165, 1.54) is 9.58 Å². The van der Waals surface area contributed by atoms with Crippen molar-refractivity contribution in [3.05, 3.63) is 40.3 Å². The van der Waals surface area contributed by atoms with E-state index in [9.17, 15) is 0 Å². The van der Waals surface area contributed by atoms with Gasteiger partial charge in [0.25, 0.3) is 0 Å². The molecule has 0 aliphatic heterocycles. The van der Waals surface area contributed by atoms with E-state index in [0.29, 0.717) is 0 Å². The summed E-state index contributed by atoms with van der Waals surface area (Å²) in [6.45, 7) is 4.19. The van der Waals surface area contributed by atoms with Crippen LogP contribution in [0.5, 0.6) is 0 Å². The Balaban J connectivity index is 1.83. The number of aryl methyl sites for hydroxylation is 1. The van der Waals surface area contributed by atoms with Crippen LogP contribution < -0.4 is 5.32 Å². The topological polar surface area (TPSA) is 37.8 Å². The zero-order chi connectivity index (χ0) is 12.5. The molecule has 1 unspecified atom stereocenters. The van der Waals surface area contributed by atoms with E-state index in [2.05, 4.69) is 35.2 Å². The summed E-state index contributed by atoms with van der Waals surface area (Å²) >= 11 is 3.41. The molecule has 2 heterocycles. The van der Waals surface area contributed by atoms with Gasteiger partial charge in [-0.15, -0.1) is 11.3 Å². The Kier molecular flexibility index (Phi) is 3.01. The van der Waals surface area contributed by atoms with Crippen molar-refractivity contribution in [1.82, 2.24) is 9.97 Å². The minimum absolute atomic E-state index is 0.198. The van der Waals surface area contributed by atoms with E-state index in [-0.39, 0.29) is 6.04 Å². The molecule has 1 N–H and O–H groups in total. The zero-order valence-electron chi connectivity index (χ0n) is 10.2. The fourth-order valence-corrected chi connectivity index (χ4v) is 3.48. The van der Waals surface area contributed by atoms with Gasteiger partial charge in [0.15, 0.2) is 5.13 Å². The Hall–Kier alpha value is -1.46. The van der Waals surface area contributed by atoms with Gasteiger partial charge in [0, 0.05) is 11.1 Å². The molecule has 92 valence electrons. The second-order valence-corrected chi connectivity index (χ2v) is 6.46. The molecular weight excluding hydrogens is 262 g/mol. The van der Waals surface area contributed by atoms with Crippen LogP contribution in [0, 0.1) is 6.92 Å². The van der Waals surface area contributed by atoms with E-state index in [1.54, 1.807) is 22.7 Å². The molecule has 1 aromatic carbocycles. The average molecular weight is 275 g/mol. The maximum atomic E-state index is 4.57. The van der Waals surface area contributed by atoms with Gasteiger partial charge in [-0.25, -0.2) is 9.97 Å². The van der Waals surface area contributed by atoms with Crippen molar-refractivity contribution in [2.75, 3.05) is 5.32 Å². The summed E-state index contributed by atoms with van der Waals surface area (Å²) in [4.78, 5) is 10.2. The first-order chi connectivity index (χ1) is 8.72. The van der Waals surface area contributed by atoms with Crippen LogP contribution in [0.4, 0.5) is 5.13 Å². The third kappa shape index (κ3) is 2.23. The fraction of sp³-hybridized carbons (Fsp3) is 0.231. The number of thiazole rings is 2. The molecule has 0 fully saturated rings. The molecule has 0 spiro atoms. The molecule has 0 aliphatic rings. The normalized spacial score (nSPS) is 12.8. The third-order valence-electron chi connectivity index (χ3n) is 2.64. The lowest BCUT2D eigenvalue weighted by molar-refractivity contribution is 0.868. The number of anilines is 1. The third-order valence-corrected chi connectivity index (χ3v) is 4.71. The predicted molar refractivity (Wildman–Crippen MR) is 78.5 cm³/mol. The van der Waals surface area contributed by atoms with Crippen molar-refractivity contribution in [2.45, 2.75) is 19.9 Å². The molecule has 0 saturated heterocycles. The van der Waals surface area contributed by atoms with Crippen LogP contribution >= 0.6 is 22.7 Å². The van der Waals surface area contributed by atoms with Crippen molar-refractivity contribution < 1.29 is 0 Å². The lowest BCUT2D eigenvalue weighted by atomic mass is 10.3. The summed E-state index contributed by atoms with van der Waals surface area (Å²) in [6.07, 6.45) is 1.91. The van der Waals surface area contributed by atoms with Crippen molar-refractivity contribution in [2.24, 2.45) is 0 Å². The summed E-state index contributed by atoms with van der Waals surface area (Å²) < 4.78 is 1.21. The number of rotatable bonds is 3. The lowest BCUT2D eigenvalue weighted by Crippen LogP contribution is -2.05. The first-order valence-corrected chi connectivity index (χ1v) is 7.40. The molecule has 5 heteroatoms. The van der Waals surface area contributed by atoms with Crippen molar-refractivity contribution >= 4 is 38.0 Å². The highest BCUT2D eigenvalue weighted by Crippen LogP contribution is 2.29. The molecule has 0 radical (unpaired) electrons. The number of hydrogen-bond donors (Lipinski definition) is 1. The van der Waals surface area contributed by atoms with E-state index in [4.69, 9.17) is 0 Å². The summed E-state index contributed by atoms with van der Waals surface area (Å²) in [5, 5.41) is 5.47. The number of para-hydroxylation sites is 1. The SMILES string of the molecule is Cc1cnc(C(C)Nc2nc3ccccc3s2)s1. The van der Waals surface area contributed by atoms with Gasteiger partial charge in [-0.05, 0) is 26.0 Å². The van der Waals surface area contributed by atoms with E-state index in [1.807, 2.05) is 24.4 Å². The maximum Gasteiger partial charge on any atom is 0.184 e. The first-order valence-electron chi connectivity index (χ1n) is 5.77. The van der Waals surface area contributed by atoms with Gasteiger partial charge in [-0.2, -0.15) is 0 Å². The molecule has 3 nitrogen and oxygen atoms in total. The monoisotopic (exact) mass is 275 g/mol. The number of hydrogen-bond acceptors (Lipinski definition) is 5. The Morgan fingerprint density at radius 2 is 2.06 bits per heavy atom. The van der Waals surface area contributed by atoms with Crippen LogP contribution in [-0.4, -0.2) is 9.97 Å². The van der Waals surface area contributed by atoms with Crippen LogP contribution in [0.25, 0.3) is 10.2 Å². The molecule has 0 aliphatic carbocycles. The molecular formula is C13H13N3S2. The number of nitrogens with one attached hydrogen (secondary N) is 1. The van der Waals surface area contributed by atoms with Gasteiger partial charge < -0.3 is 5.32 Å². The molecule has 0 amide bonds. The number of aromatic nitrogens is 2. The number of nitrogens with zero attached hydrogens (tertiary/aromatic N) is 2. The first kappa shape index (κ1) is 11.6. The van der Waals surface area contributed by atoms with Crippen LogP contribution in [0.15, 0.2) is 30.5 Å². The lowest BCUT2D eigenvalue weighted by Gasteiger charge is -2.08. The Morgan fingerprint density at radius 3 is 2.78 bits per heavy atom. The predicted octanol–water partition coefficient (Wildman–Crippen LogP) is 4.23. The molecule has 3 aromatic rings. The van der Waals surface area contributed by atoms with Crippen LogP contribution in [-0.2, 0) is 0 Å². The summed E-state index contributed by atoms with van der Waals surface area (Å²) in [7, 11) is 0. The minimum Gasteiger partial charge on any atom is -0.353 e. The van der Waals surface area contributed by atoms with Crippen LogP contribution in [0.2, 0.25) is 0 Å². The highest BCUT2D eigenvalue weighted by atomic mass is 32.1. The molecule has 18 heavy (non-hydrogen) atoms. The quantitative estimate of drug-likeness (QED) is 0.777. The van der Waals surface area contributed by atoms with E-state index >= 15 is 0 Å². The van der Waals surface area contributed by atoms with Crippen molar-refractivity contribution in [3.8, 4) is 0 Å². The fourth-order valence-electron chi connectivity index (χ4n) is 1.75. The number of fused-ring (bicyclic) bond motifs is 1. The highest BCUT2D eigenvalue weighted by molar-refractivity contribution is 7.22. The molecule has 1 atom stereocenters. The Labute approximate surface area is 114 Å². The molecule has 3 rings (SSSR count). The largest absolute Gasteiger partial charge is 0.353 e. The smallest absolute Gasteiger partial charge is 0.184 e. The second-order valence-electron chi connectivity index (χ2n) is 4.16. The summed E-state index contributed by atoms with van der Waals surface area (Å²) in [5.41, 5.74) is 1.05. The van der Waals surface area contributed by atoms with E-state index < -0.39 is 0 Å². The zero-order valence-corrected chi connectivity index (χ0v) is 11.8. The molecule has 0 bridgehead atoms. The van der Waals surface area contributed by atoms with Crippen molar-refractivity contribution in [3.63, 3.8) is 0 Å². The van der Waals surface area contributed by atoms with Gasteiger partial charge in [0.2, 0.25) is 0 Å². The van der Waals surface area contributed by atoms with Gasteiger partial charge in [-0.1, -0.05) is 23.5 Å². The summed E-state index contributed by atoms with van der Waals surface area (Å²) in [6, 6.07) is 8.38. The minimum atomic E-state index is 0.198. The Morgan fingerprint density at radius 1 is 1.22 bits per heavy atom. The van der Waals surface area contributed by atoms with Crippen LogP contribution in [0.1, 0.15) is 22.9 Å². The maximum absolute atomic E-state index is 4.57. The van der Waals surface area contributed by atoms with Gasteiger partial charge >= 0.3 is 0 Å². The van der Waals surface area contributed by atoms with Crippen LogP contribution in [0.3, 0.4) is 0 Å². The Bertz CT molecular complexity index is 638. The van der Waals surface area contributed by atoms with Crippen molar-refractivity contribution in [1.29, 1.82) is 0 Å². The standard InChI is InChI=1S/C13H13N3S2/c1-8-7-14-12(17-8)9(2)15-13-16-10-5-3-4-6-11(10)18-13/h3-7,9H,1-2H3,(H,15,16). The molecule has 0 saturated carbocycles. The van der Waals surface area contributed by atoms with Gasteiger partial charge in [0.1, 0.15) is 5.01 Å². The highest BCUT2D eigenvalue weighted by Gasteiger charge is 2.11. The average Bonchev–Trinajstić information content (AvgIpc) is 2.94. The van der Waals surface area contributed by atoms with E-state index in [0.717, 1.165) is 15.7 Å². The number of benzene rings is 1. The second kappa shape index (κ2) is 4.66.